The van der Waals surface area contributed by atoms with Gasteiger partial charge in [-0.15, -0.1) is 0 Å². The van der Waals surface area contributed by atoms with Gasteiger partial charge in [-0.1, -0.05) is 20.8 Å². The molecule has 1 rings (SSSR count). The summed E-state index contributed by atoms with van der Waals surface area (Å²) in [5.74, 6) is -0.965. The highest BCUT2D eigenvalue weighted by Crippen LogP contribution is 2.22. The van der Waals surface area contributed by atoms with Crippen molar-refractivity contribution in [3.8, 4) is 0 Å². The molecule has 1 saturated heterocycles. The molecule has 0 aliphatic carbocycles. The van der Waals surface area contributed by atoms with Gasteiger partial charge >= 0.3 is 5.97 Å². The molecule has 0 aromatic heterocycles. The van der Waals surface area contributed by atoms with Gasteiger partial charge in [0.2, 0.25) is 5.91 Å². The van der Waals surface area contributed by atoms with Gasteiger partial charge in [-0.05, 0) is 24.8 Å². The van der Waals surface area contributed by atoms with Gasteiger partial charge in [-0.2, -0.15) is 0 Å². The standard InChI is InChI=1S/C12H22N2O3/c1-12(2,3)9(7-10(15)16)14-11(17)8-5-4-6-13-8/h8-9,13H,4-7H2,1-3H3,(H,14,17)(H,15,16). The van der Waals surface area contributed by atoms with Crippen LogP contribution in [0.5, 0.6) is 0 Å². The monoisotopic (exact) mass is 242 g/mol. The molecule has 0 saturated carbocycles. The number of hydrogen-bond acceptors (Lipinski definition) is 3. The zero-order chi connectivity index (χ0) is 13.1. The lowest BCUT2D eigenvalue weighted by molar-refractivity contribution is -0.138. The van der Waals surface area contributed by atoms with E-state index in [1.807, 2.05) is 20.8 Å². The van der Waals surface area contributed by atoms with E-state index >= 15 is 0 Å². The van der Waals surface area contributed by atoms with Crippen molar-refractivity contribution in [2.45, 2.75) is 52.1 Å². The van der Waals surface area contributed by atoms with Gasteiger partial charge in [0.15, 0.2) is 0 Å². The maximum Gasteiger partial charge on any atom is 0.305 e. The van der Waals surface area contributed by atoms with Gasteiger partial charge in [0, 0.05) is 6.04 Å². The van der Waals surface area contributed by atoms with Gasteiger partial charge in [-0.3, -0.25) is 9.59 Å². The molecule has 1 fully saturated rings. The third-order valence-corrected chi connectivity index (χ3v) is 3.12. The van der Waals surface area contributed by atoms with E-state index in [4.69, 9.17) is 5.11 Å². The lowest BCUT2D eigenvalue weighted by Crippen LogP contribution is -2.50. The molecule has 3 N–H and O–H groups in total. The Morgan fingerprint density at radius 3 is 2.53 bits per heavy atom. The smallest absolute Gasteiger partial charge is 0.305 e. The van der Waals surface area contributed by atoms with E-state index < -0.39 is 5.97 Å². The highest BCUT2D eigenvalue weighted by molar-refractivity contribution is 5.83. The minimum absolute atomic E-state index is 0.0397. The summed E-state index contributed by atoms with van der Waals surface area (Å²) in [6.45, 7) is 6.66. The van der Waals surface area contributed by atoms with Crippen molar-refractivity contribution < 1.29 is 14.7 Å². The van der Waals surface area contributed by atoms with Crippen LogP contribution in [-0.4, -0.2) is 35.6 Å². The number of aliphatic carboxylic acids is 1. The first-order chi connectivity index (χ1) is 7.80. The largest absolute Gasteiger partial charge is 0.481 e. The Hall–Kier alpha value is -1.10. The Kier molecular flexibility index (Phi) is 4.51. The Morgan fingerprint density at radius 2 is 2.12 bits per heavy atom. The molecule has 1 aliphatic heterocycles. The first-order valence-corrected chi connectivity index (χ1v) is 6.06. The lowest BCUT2D eigenvalue weighted by Gasteiger charge is -2.31. The Morgan fingerprint density at radius 1 is 1.47 bits per heavy atom. The van der Waals surface area contributed by atoms with Crippen LogP contribution in [0.3, 0.4) is 0 Å². The van der Waals surface area contributed by atoms with Gasteiger partial charge in [0.05, 0.1) is 12.5 Å². The van der Waals surface area contributed by atoms with Crippen molar-refractivity contribution in [2.75, 3.05) is 6.54 Å². The molecule has 5 heteroatoms. The average molecular weight is 242 g/mol. The molecule has 0 aromatic carbocycles. The van der Waals surface area contributed by atoms with E-state index in [0.717, 1.165) is 19.4 Å². The summed E-state index contributed by atoms with van der Waals surface area (Å²) in [4.78, 5) is 22.7. The molecule has 0 aromatic rings. The fourth-order valence-electron chi connectivity index (χ4n) is 1.93. The third kappa shape index (κ3) is 4.34. The minimum Gasteiger partial charge on any atom is -0.481 e. The first kappa shape index (κ1) is 14.0. The van der Waals surface area contributed by atoms with Crippen molar-refractivity contribution in [1.29, 1.82) is 0 Å². The van der Waals surface area contributed by atoms with Crippen LogP contribution in [0.25, 0.3) is 0 Å². The Balaban J connectivity index is 2.59. The number of hydrogen-bond donors (Lipinski definition) is 3. The van der Waals surface area contributed by atoms with Crippen LogP contribution >= 0.6 is 0 Å². The van der Waals surface area contributed by atoms with Crippen LogP contribution in [0.2, 0.25) is 0 Å². The van der Waals surface area contributed by atoms with Crippen LogP contribution in [0, 0.1) is 5.41 Å². The topological polar surface area (TPSA) is 78.4 Å². The van der Waals surface area contributed by atoms with Crippen LogP contribution < -0.4 is 10.6 Å². The van der Waals surface area contributed by atoms with Crippen molar-refractivity contribution in [3.05, 3.63) is 0 Å². The quantitative estimate of drug-likeness (QED) is 0.679. The molecule has 1 aliphatic rings. The predicted octanol–water partition coefficient (Wildman–Crippen LogP) is 0.744. The molecule has 17 heavy (non-hydrogen) atoms. The van der Waals surface area contributed by atoms with Crippen LogP contribution in [0.4, 0.5) is 0 Å². The van der Waals surface area contributed by atoms with Gasteiger partial charge in [0.1, 0.15) is 0 Å². The molecule has 98 valence electrons. The van der Waals surface area contributed by atoms with E-state index in [1.165, 1.54) is 0 Å². The fourth-order valence-corrected chi connectivity index (χ4v) is 1.93. The maximum atomic E-state index is 11.9. The molecule has 0 bridgehead atoms. The van der Waals surface area contributed by atoms with Crippen LogP contribution in [-0.2, 0) is 9.59 Å². The minimum atomic E-state index is -0.885. The molecule has 1 heterocycles. The number of carbonyl (C=O) groups is 2. The zero-order valence-electron chi connectivity index (χ0n) is 10.7. The molecule has 2 atom stereocenters. The molecular formula is C12H22N2O3. The Bertz CT molecular complexity index is 291. The van der Waals surface area contributed by atoms with Crippen molar-refractivity contribution >= 4 is 11.9 Å². The van der Waals surface area contributed by atoms with E-state index in [2.05, 4.69) is 10.6 Å². The van der Waals surface area contributed by atoms with Crippen molar-refractivity contribution in [2.24, 2.45) is 5.41 Å². The second kappa shape index (κ2) is 5.49. The number of carbonyl (C=O) groups excluding carboxylic acids is 1. The SMILES string of the molecule is CC(C)(C)C(CC(=O)O)NC(=O)C1CCCN1. The molecular weight excluding hydrogens is 220 g/mol. The van der Waals surface area contributed by atoms with Crippen LogP contribution in [0.15, 0.2) is 0 Å². The molecule has 5 nitrogen and oxygen atoms in total. The number of carboxylic acids is 1. The summed E-state index contributed by atoms with van der Waals surface area (Å²) in [6.07, 6.45) is 1.79. The summed E-state index contributed by atoms with van der Waals surface area (Å²) in [6, 6.07) is -0.497. The number of rotatable bonds is 4. The predicted molar refractivity (Wildman–Crippen MR) is 64.7 cm³/mol. The van der Waals surface area contributed by atoms with Crippen LogP contribution in [0.1, 0.15) is 40.0 Å². The maximum absolute atomic E-state index is 11.9. The summed E-state index contributed by atoms with van der Waals surface area (Å²) in [5, 5.41) is 14.8. The normalized spacial score (nSPS) is 22.2. The summed E-state index contributed by atoms with van der Waals surface area (Å²) in [7, 11) is 0. The van der Waals surface area contributed by atoms with E-state index in [-0.39, 0.29) is 29.8 Å². The molecule has 2 unspecified atom stereocenters. The summed E-state index contributed by atoms with van der Waals surface area (Å²) >= 11 is 0. The second-order valence-electron chi connectivity index (χ2n) is 5.67. The fraction of sp³-hybridized carbons (Fsp3) is 0.833. The Labute approximate surface area is 102 Å². The number of carboxylic acid groups (broad SMARTS) is 1. The first-order valence-electron chi connectivity index (χ1n) is 6.06. The van der Waals surface area contributed by atoms with Crippen molar-refractivity contribution in [3.63, 3.8) is 0 Å². The average Bonchev–Trinajstić information content (AvgIpc) is 2.66. The zero-order valence-corrected chi connectivity index (χ0v) is 10.7. The highest BCUT2D eigenvalue weighted by atomic mass is 16.4. The molecule has 1 amide bonds. The van der Waals surface area contributed by atoms with E-state index in [0.29, 0.717) is 0 Å². The third-order valence-electron chi connectivity index (χ3n) is 3.12. The number of amides is 1. The summed E-state index contributed by atoms with van der Waals surface area (Å²) < 4.78 is 0. The van der Waals surface area contributed by atoms with Crippen molar-refractivity contribution in [1.82, 2.24) is 10.6 Å². The van der Waals surface area contributed by atoms with Gasteiger partial charge < -0.3 is 15.7 Å². The highest BCUT2D eigenvalue weighted by Gasteiger charge is 2.31. The lowest BCUT2D eigenvalue weighted by atomic mass is 9.84. The number of nitrogens with one attached hydrogen (secondary N) is 2. The van der Waals surface area contributed by atoms with E-state index in [1.54, 1.807) is 0 Å². The van der Waals surface area contributed by atoms with Gasteiger partial charge in [-0.25, -0.2) is 0 Å². The van der Waals surface area contributed by atoms with Gasteiger partial charge in [0.25, 0.3) is 0 Å². The van der Waals surface area contributed by atoms with E-state index in [9.17, 15) is 9.59 Å². The second-order valence-corrected chi connectivity index (χ2v) is 5.67. The molecule has 0 radical (unpaired) electrons. The molecule has 0 spiro atoms. The summed E-state index contributed by atoms with van der Waals surface area (Å²) in [5.41, 5.74) is -0.257.